The highest BCUT2D eigenvalue weighted by molar-refractivity contribution is 8.16. The summed E-state index contributed by atoms with van der Waals surface area (Å²) in [6, 6.07) is 4.77. The monoisotopic (exact) mass is 663 g/mol. The Morgan fingerprint density at radius 2 is 1.63 bits per heavy atom. The Morgan fingerprint density at radius 1 is 1.07 bits per heavy atom. The largest absolute Gasteiger partial charge is 0.476 e. The first kappa shape index (κ1) is 34.5. The molecule has 0 saturated carbocycles. The second kappa shape index (κ2) is 13.3. The maximum absolute atomic E-state index is 14.4. The van der Waals surface area contributed by atoms with Crippen LogP contribution in [0.3, 0.4) is 0 Å². The lowest BCUT2D eigenvalue weighted by molar-refractivity contribution is -0.157. The number of nitrogens with zero attached hydrogens (tertiary/aromatic N) is 1. The van der Waals surface area contributed by atoms with Gasteiger partial charge in [0, 0.05) is 5.41 Å². The smallest absolute Gasteiger partial charge is 0.357 e. The predicted octanol–water partition coefficient (Wildman–Crippen LogP) is 6.01. The molecular formula is C28H26F5NO6S3. The maximum Gasteiger partial charge on any atom is 0.357 e. The van der Waals surface area contributed by atoms with Gasteiger partial charge in [-0.05, 0) is 42.1 Å². The number of halogens is 5. The quantitative estimate of drug-likeness (QED) is 0.0463. The number of rotatable bonds is 10. The molecule has 0 unspecified atom stereocenters. The summed E-state index contributed by atoms with van der Waals surface area (Å²) in [5.41, 5.74) is -3.27. The fourth-order valence-corrected chi connectivity index (χ4v) is 6.37. The number of thiocarbonyl (C=S) groups is 1. The van der Waals surface area contributed by atoms with Gasteiger partial charge in [-0.1, -0.05) is 52.0 Å². The number of hydrogen-bond acceptors (Lipinski definition) is 8. The molecule has 0 spiro atoms. The Bertz CT molecular complexity index is 1500. The average molecular weight is 664 g/mol. The van der Waals surface area contributed by atoms with Crippen LogP contribution >= 0.6 is 35.7 Å². The molecule has 15 heteroatoms. The molecule has 232 valence electrons. The third kappa shape index (κ3) is 6.89. The first-order chi connectivity index (χ1) is 19.9. The SMILES string of the molecule is CCS[C@@H]1[C@@H]([C@@H](C)O)C(=O)N1C(C(=O)O)=C(Oc1cccc(C(=S)c2c(F)c(F)c(F)c(F)c2F)c1)SC(=O)C(C)(C)C. The van der Waals surface area contributed by atoms with Gasteiger partial charge in [-0.25, -0.2) is 26.7 Å². The Labute approximate surface area is 257 Å². The van der Waals surface area contributed by atoms with Crippen LogP contribution in [0.2, 0.25) is 0 Å². The summed E-state index contributed by atoms with van der Waals surface area (Å²) in [6.07, 6.45) is -1.10. The molecule has 3 atom stereocenters. The number of ether oxygens (including phenoxy) is 1. The molecule has 3 rings (SSSR count). The molecule has 2 N–H and O–H groups in total. The van der Waals surface area contributed by atoms with E-state index in [2.05, 4.69) is 0 Å². The molecule has 1 fully saturated rings. The molecule has 1 aliphatic heterocycles. The van der Waals surface area contributed by atoms with E-state index in [1.807, 2.05) is 0 Å². The molecular weight excluding hydrogens is 638 g/mol. The number of carboxylic acid groups (broad SMARTS) is 1. The molecule has 7 nitrogen and oxygen atoms in total. The van der Waals surface area contributed by atoms with Crippen molar-refractivity contribution in [3.05, 3.63) is 75.3 Å². The molecule has 0 aromatic heterocycles. The Morgan fingerprint density at radius 3 is 2.12 bits per heavy atom. The predicted molar refractivity (Wildman–Crippen MR) is 155 cm³/mol. The Hall–Kier alpha value is -3.01. The third-order valence-electron chi connectivity index (χ3n) is 6.12. The van der Waals surface area contributed by atoms with Crippen LogP contribution in [0, 0.1) is 40.4 Å². The summed E-state index contributed by atoms with van der Waals surface area (Å²) in [4.78, 5) is 38.8. The number of aliphatic hydroxyl groups is 1. The first-order valence-corrected chi connectivity index (χ1v) is 14.9. The van der Waals surface area contributed by atoms with Crippen molar-refractivity contribution < 1.29 is 51.3 Å². The Balaban J connectivity index is 2.15. The fourth-order valence-electron chi connectivity index (χ4n) is 3.92. The first-order valence-electron chi connectivity index (χ1n) is 12.6. The molecule has 0 bridgehead atoms. The average Bonchev–Trinajstić information content (AvgIpc) is 2.92. The zero-order valence-corrected chi connectivity index (χ0v) is 25.8. The molecule has 1 heterocycles. The fraction of sp³-hybridized carbons (Fsp3) is 0.357. The van der Waals surface area contributed by atoms with Crippen LogP contribution in [-0.4, -0.2) is 54.2 Å². The van der Waals surface area contributed by atoms with E-state index in [4.69, 9.17) is 17.0 Å². The number of carbonyl (C=O) groups excluding carboxylic acids is 2. The molecule has 1 amide bonds. The van der Waals surface area contributed by atoms with E-state index in [0.717, 1.165) is 11.0 Å². The lowest BCUT2D eigenvalue weighted by Crippen LogP contribution is -2.63. The van der Waals surface area contributed by atoms with E-state index in [9.17, 15) is 46.5 Å². The highest BCUT2D eigenvalue weighted by Gasteiger charge is 2.54. The number of β-lactam (4-membered cyclic amide) rings is 1. The van der Waals surface area contributed by atoms with Crippen molar-refractivity contribution >= 4 is 57.6 Å². The lowest BCUT2D eigenvalue weighted by Gasteiger charge is -2.47. The second-order valence-electron chi connectivity index (χ2n) is 10.3. The highest BCUT2D eigenvalue weighted by atomic mass is 32.2. The third-order valence-corrected chi connectivity index (χ3v) is 9.00. The van der Waals surface area contributed by atoms with Crippen molar-refractivity contribution in [2.45, 2.75) is 46.1 Å². The van der Waals surface area contributed by atoms with Gasteiger partial charge in [0.15, 0.2) is 34.1 Å². The van der Waals surface area contributed by atoms with Gasteiger partial charge in [-0.15, -0.1) is 11.8 Å². The second-order valence-corrected chi connectivity index (χ2v) is 13.1. The molecule has 1 aliphatic rings. The van der Waals surface area contributed by atoms with Gasteiger partial charge in [-0.2, -0.15) is 0 Å². The molecule has 1 saturated heterocycles. The number of aliphatic carboxylic acids is 1. The number of aliphatic hydroxyl groups excluding tert-OH is 1. The number of likely N-dealkylation sites (tertiary alicyclic amines) is 1. The normalized spacial score (nSPS) is 18.1. The number of amides is 1. The lowest BCUT2D eigenvalue weighted by atomic mass is 9.92. The van der Waals surface area contributed by atoms with Crippen LogP contribution in [0.1, 0.15) is 45.7 Å². The minimum absolute atomic E-state index is 0.229. The number of carbonyl (C=O) groups is 3. The van der Waals surface area contributed by atoms with E-state index in [1.54, 1.807) is 27.7 Å². The van der Waals surface area contributed by atoms with Gasteiger partial charge in [0.1, 0.15) is 5.75 Å². The van der Waals surface area contributed by atoms with Crippen molar-refractivity contribution in [2.75, 3.05) is 5.75 Å². The van der Waals surface area contributed by atoms with Crippen LogP contribution in [0.15, 0.2) is 35.1 Å². The minimum Gasteiger partial charge on any atom is -0.476 e. The van der Waals surface area contributed by atoms with Crippen molar-refractivity contribution in [1.29, 1.82) is 0 Å². The van der Waals surface area contributed by atoms with Crippen LogP contribution in [0.4, 0.5) is 22.0 Å². The van der Waals surface area contributed by atoms with E-state index in [0.29, 0.717) is 17.5 Å². The van der Waals surface area contributed by atoms with Crippen molar-refractivity contribution in [3.8, 4) is 5.75 Å². The van der Waals surface area contributed by atoms with Gasteiger partial charge < -0.3 is 14.9 Å². The highest BCUT2D eigenvalue weighted by Crippen LogP contribution is 2.43. The summed E-state index contributed by atoms with van der Waals surface area (Å²) in [7, 11) is 0. The summed E-state index contributed by atoms with van der Waals surface area (Å²) >= 11 is 6.62. The van der Waals surface area contributed by atoms with Crippen LogP contribution in [0.25, 0.3) is 0 Å². The van der Waals surface area contributed by atoms with E-state index < -0.39 is 90.1 Å². The van der Waals surface area contributed by atoms with Crippen molar-refractivity contribution in [3.63, 3.8) is 0 Å². The molecule has 2 aromatic carbocycles. The van der Waals surface area contributed by atoms with Gasteiger partial charge in [-0.3, -0.25) is 14.5 Å². The van der Waals surface area contributed by atoms with Gasteiger partial charge in [0.2, 0.25) is 16.8 Å². The molecule has 0 aliphatic carbocycles. The summed E-state index contributed by atoms with van der Waals surface area (Å²) in [6.45, 7) is 7.86. The van der Waals surface area contributed by atoms with Crippen LogP contribution in [-0.2, 0) is 14.4 Å². The van der Waals surface area contributed by atoms with Crippen LogP contribution in [0.5, 0.6) is 5.75 Å². The Kier molecular flexibility index (Phi) is 10.7. The minimum atomic E-state index is -2.35. The molecule has 43 heavy (non-hydrogen) atoms. The van der Waals surface area contributed by atoms with Crippen molar-refractivity contribution in [2.24, 2.45) is 11.3 Å². The standard InChI is InChI=1S/C28H26F5NO6S3/c1-6-42-24-14(11(2)35)23(36)34(24)21(25(37)38)26(43-27(39)28(3,4)5)40-13-9-7-8-12(10-13)22(41)15-16(29)18(31)20(33)19(32)17(15)30/h7-11,14,24,35H,6H2,1-5H3,(H,37,38)/t11-,14+,24-/m1/s1. The number of benzene rings is 2. The van der Waals surface area contributed by atoms with Gasteiger partial charge >= 0.3 is 5.97 Å². The number of hydrogen-bond donors (Lipinski definition) is 2. The topological polar surface area (TPSA) is 104 Å². The summed E-state index contributed by atoms with van der Waals surface area (Å²) < 4.78 is 75.9. The number of carboxylic acids is 1. The number of thioether (sulfide) groups is 2. The van der Waals surface area contributed by atoms with Gasteiger partial charge in [0.05, 0.1) is 27.8 Å². The van der Waals surface area contributed by atoms with E-state index in [1.165, 1.54) is 36.9 Å². The zero-order chi connectivity index (χ0) is 32.5. The summed E-state index contributed by atoms with van der Waals surface area (Å²) in [5.74, 6) is -14.1. The molecule has 0 radical (unpaired) electrons. The zero-order valence-electron chi connectivity index (χ0n) is 23.3. The maximum atomic E-state index is 14.4. The van der Waals surface area contributed by atoms with E-state index in [-0.39, 0.29) is 11.3 Å². The molecule has 2 aromatic rings. The van der Waals surface area contributed by atoms with Gasteiger partial charge in [0.25, 0.3) is 0 Å². The van der Waals surface area contributed by atoms with Crippen LogP contribution < -0.4 is 4.74 Å². The van der Waals surface area contributed by atoms with E-state index >= 15 is 0 Å². The van der Waals surface area contributed by atoms with Crippen molar-refractivity contribution in [1.82, 2.24) is 4.90 Å². The summed E-state index contributed by atoms with van der Waals surface area (Å²) in [5, 5.41) is 18.4.